The second-order valence-electron chi connectivity index (χ2n) is 3.96. The van der Waals surface area contributed by atoms with Gasteiger partial charge in [0.2, 0.25) is 5.91 Å². The monoisotopic (exact) mass is 265 g/mol. The van der Waals surface area contributed by atoms with Gasteiger partial charge in [0.15, 0.2) is 0 Å². The molecule has 0 spiro atoms. The molecule has 6 N–H and O–H groups in total. The van der Waals surface area contributed by atoms with Gasteiger partial charge in [-0.2, -0.15) is 0 Å². The lowest BCUT2D eigenvalue weighted by molar-refractivity contribution is -0.139. The number of rotatable bonds is 6. The van der Waals surface area contributed by atoms with Crippen molar-refractivity contribution < 1.29 is 19.5 Å². The van der Waals surface area contributed by atoms with Gasteiger partial charge in [-0.25, -0.2) is 4.79 Å². The standard InChI is InChI=1S/C12H15N3O4/c13-8-4-2-1-3-7(8)11(17)15-9(12(18)19)5-6-10(14)16/h1-4,9H,5-6,13H2,(H2,14,16)(H,15,17)(H,18,19)/t9-/m0/s1. The zero-order valence-electron chi connectivity index (χ0n) is 10.1. The number of primary amides is 1. The van der Waals surface area contributed by atoms with E-state index in [1.807, 2.05) is 0 Å². The third-order valence-corrected chi connectivity index (χ3v) is 2.49. The van der Waals surface area contributed by atoms with E-state index < -0.39 is 23.8 Å². The van der Waals surface area contributed by atoms with Crippen molar-refractivity contribution in [2.45, 2.75) is 18.9 Å². The van der Waals surface area contributed by atoms with E-state index in [9.17, 15) is 14.4 Å². The topological polar surface area (TPSA) is 136 Å². The van der Waals surface area contributed by atoms with E-state index in [1.165, 1.54) is 12.1 Å². The molecule has 1 atom stereocenters. The van der Waals surface area contributed by atoms with E-state index in [4.69, 9.17) is 16.6 Å². The minimum Gasteiger partial charge on any atom is -0.480 e. The molecule has 7 nitrogen and oxygen atoms in total. The normalized spacial score (nSPS) is 11.6. The van der Waals surface area contributed by atoms with Gasteiger partial charge in [0.1, 0.15) is 6.04 Å². The molecule has 0 aliphatic rings. The third kappa shape index (κ3) is 4.30. The van der Waals surface area contributed by atoms with E-state index in [-0.39, 0.29) is 24.1 Å². The summed E-state index contributed by atoms with van der Waals surface area (Å²) in [6.07, 6.45) is -0.190. The van der Waals surface area contributed by atoms with Crippen molar-refractivity contribution in [3.8, 4) is 0 Å². The van der Waals surface area contributed by atoms with Crippen molar-refractivity contribution in [2.75, 3.05) is 5.73 Å². The fourth-order valence-electron chi connectivity index (χ4n) is 1.48. The molecule has 1 rings (SSSR count). The van der Waals surface area contributed by atoms with Crippen molar-refractivity contribution >= 4 is 23.5 Å². The first kappa shape index (κ1) is 14.5. The largest absolute Gasteiger partial charge is 0.480 e. The van der Waals surface area contributed by atoms with Crippen molar-refractivity contribution in [3.05, 3.63) is 29.8 Å². The SMILES string of the molecule is NC(=O)CC[C@H](NC(=O)c1ccccc1N)C(=O)O. The molecule has 0 aliphatic carbocycles. The molecule has 1 aromatic rings. The van der Waals surface area contributed by atoms with Gasteiger partial charge in [-0.1, -0.05) is 12.1 Å². The number of hydrogen-bond donors (Lipinski definition) is 4. The van der Waals surface area contributed by atoms with Crippen LogP contribution in [0.3, 0.4) is 0 Å². The molecule has 0 saturated carbocycles. The van der Waals surface area contributed by atoms with Crippen LogP contribution in [0.2, 0.25) is 0 Å². The molecule has 0 heterocycles. The predicted molar refractivity (Wildman–Crippen MR) is 68.2 cm³/mol. The molecule has 19 heavy (non-hydrogen) atoms. The molecular formula is C12H15N3O4. The highest BCUT2D eigenvalue weighted by molar-refractivity contribution is 6.00. The van der Waals surface area contributed by atoms with E-state index in [0.717, 1.165) is 0 Å². The zero-order valence-corrected chi connectivity index (χ0v) is 10.1. The fraction of sp³-hybridized carbons (Fsp3) is 0.250. The van der Waals surface area contributed by atoms with Gasteiger partial charge in [-0.05, 0) is 18.6 Å². The Kier molecular flexibility index (Phi) is 4.87. The number of nitrogens with one attached hydrogen (secondary N) is 1. The van der Waals surface area contributed by atoms with Gasteiger partial charge in [0.05, 0.1) is 5.56 Å². The molecule has 102 valence electrons. The summed E-state index contributed by atoms with van der Waals surface area (Å²) in [5.74, 6) is -2.46. The number of nitrogens with two attached hydrogens (primary N) is 2. The Morgan fingerprint density at radius 2 is 1.89 bits per heavy atom. The van der Waals surface area contributed by atoms with Crippen LogP contribution in [-0.4, -0.2) is 28.9 Å². The van der Waals surface area contributed by atoms with Crippen LogP contribution in [0.1, 0.15) is 23.2 Å². The van der Waals surface area contributed by atoms with E-state index in [0.29, 0.717) is 0 Å². The maximum Gasteiger partial charge on any atom is 0.326 e. The Hall–Kier alpha value is -2.57. The Bertz CT molecular complexity index is 502. The number of para-hydroxylation sites is 1. The fourth-order valence-corrected chi connectivity index (χ4v) is 1.48. The van der Waals surface area contributed by atoms with Crippen LogP contribution in [0.25, 0.3) is 0 Å². The second-order valence-corrected chi connectivity index (χ2v) is 3.96. The zero-order chi connectivity index (χ0) is 14.4. The summed E-state index contributed by atoms with van der Waals surface area (Å²) in [7, 11) is 0. The molecule has 1 aromatic carbocycles. The summed E-state index contributed by atoms with van der Waals surface area (Å²) < 4.78 is 0. The molecule has 0 radical (unpaired) electrons. The number of carbonyl (C=O) groups is 3. The van der Waals surface area contributed by atoms with Crippen molar-refractivity contribution in [1.82, 2.24) is 5.32 Å². The number of amides is 2. The predicted octanol–water partition coefficient (Wildman–Crippen LogP) is -0.283. The lowest BCUT2D eigenvalue weighted by Gasteiger charge is -2.14. The molecule has 0 aliphatic heterocycles. The van der Waals surface area contributed by atoms with Crippen molar-refractivity contribution in [3.63, 3.8) is 0 Å². The highest BCUT2D eigenvalue weighted by Crippen LogP contribution is 2.11. The molecule has 2 amide bonds. The number of carboxylic acids is 1. The van der Waals surface area contributed by atoms with Gasteiger partial charge < -0.3 is 21.9 Å². The van der Waals surface area contributed by atoms with Crippen LogP contribution >= 0.6 is 0 Å². The number of carbonyl (C=O) groups excluding carboxylic acids is 2. The lowest BCUT2D eigenvalue weighted by atomic mass is 10.1. The molecule has 7 heteroatoms. The maximum absolute atomic E-state index is 11.9. The Labute approximate surface area is 109 Å². The number of benzene rings is 1. The van der Waals surface area contributed by atoms with Gasteiger partial charge in [-0.3, -0.25) is 9.59 Å². The minimum atomic E-state index is -1.23. The average Bonchev–Trinajstić information content (AvgIpc) is 2.34. The summed E-state index contributed by atoms with van der Waals surface area (Å²) in [5, 5.41) is 11.3. The van der Waals surface area contributed by atoms with Crippen molar-refractivity contribution in [2.24, 2.45) is 5.73 Å². The smallest absolute Gasteiger partial charge is 0.326 e. The number of hydrogen-bond acceptors (Lipinski definition) is 4. The van der Waals surface area contributed by atoms with Gasteiger partial charge in [0.25, 0.3) is 5.91 Å². The quantitative estimate of drug-likeness (QED) is 0.524. The molecule has 0 saturated heterocycles. The van der Waals surface area contributed by atoms with Crippen LogP contribution in [0.15, 0.2) is 24.3 Å². The summed E-state index contributed by atoms with van der Waals surface area (Å²) in [4.78, 5) is 33.5. The Morgan fingerprint density at radius 3 is 2.42 bits per heavy atom. The highest BCUT2D eigenvalue weighted by Gasteiger charge is 2.21. The number of carboxylic acid groups (broad SMARTS) is 1. The van der Waals surface area contributed by atoms with Gasteiger partial charge >= 0.3 is 5.97 Å². The van der Waals surface area contributed by atoms with E-state index >= 15 is 0 Å². The number of nitrogen functional groups attached to an aromatic ring is 1. The van der Waals surface area contributed by atoms with Crippen LogP contribution in [0, 0.1) is 0 Å². The number of anilines is 1. The summed E-state index contributed by atoms with van der Waals surface area (Å²) >= 11 is 0. The first-order chi connectivity index (χ1) is 8.91. The minimum absolute atomic E-state index is 0.0663. The van der Waals surface area contributed by atoms with Crippen molar-refractivity contribution in [1.29, 1.82) is 0 Å². The highest BCUT2D eigenvalue weighted by atomic mass is 16.4. The van der Waals surface area contributed by atoms with Crippen LogP contribution < -0.4 is 16.8 Å². The van der Waals surface area contributed by atoms with Crippen LogP contribution in [-0.2, 0) is 9.59 Å². The molecule has 0 fully saturated rings. The first-order valence-electron chi connectivity index (χ1n) is 5.58. The average molecular weight is 265 g/mol. The summed E-state index contributed by atoms with van der Waals surface area (Å²) in [6, 6.07) is 5.11. The Morgan fingerprint density at radius 1 is 1.26 bits per heavy atom. The van der Waals surface area contributed by atoms with Gasteiger partial charge in [0, 0.05) is 12.1 Å². The molecule has 0 bridgehead atoms. The Balaban J connectivity index is 2.74. The second kappa shape index (κ2) is 6.39. The van der Waals surface area contributed by atoms with Crippen LogP contribution in [0.4, 0.5) is 5.69 Å². The maximum atomic E-state index is 11.9. The molecular weight excluding hydrogens is 250 g/mol. The first-order valence-corrected chi connectivity index (χ1v) is 5.58. The third-order valence-electron chi connectivity index (χ3n) is 2.49. The van der Waals surface area contributed by atoms with Crippen LogP contribution in [0.5, 0.6) is 0 Å². The summed E-state index contributed by atoms with van der Waals surface area (Å²) in [5.41, 5.74) is 11.0. The van der Waals surface area contributed by atoms with E-state index in [1.54, 1.807) is 12.1 Å². The molecule has 0 unspecified atom stereocenters. The summed E-state index contributed by atoms with van der Waals surface area (Å²) in [6.45, 7) is 0. The number of aliphatic carboxylic acids is 1. The van der Waals surface area contributed by atoms with Gasteiger partial charge in [-0.15, -0.1) is 0 Å². The van der Waals surface area contributed by atoms with E-state index in [2.05, 4.69) is 5.32 Å². The molecule has 0 aromatic heterocycles. The lowest BCUT2D eigenvalue weighted by Crippen LogP contribution is -2.41.